The first-order chi connectivity index (χ1) is 10.7. The SMILES string of the molecule is CCOC(=O)c1ccc(NC(=O)CCNC2CCCC2)cc1. The maximum atomic E-state index is 11.9. The van der Waals surface area contributed by atoms with E-state index in [-0.39, 0.29) is 11.9 Å². The van der Waals surface area contributed by atoms with E-state index in [1.165, 1.54) is 25.7 Å². The summed E-state index contributed by atoms with van der Waals surface area (Å²) in [6.07, 6.45) is 5.47. The molecule has 0 spiro atoms. The highest BCUT2D eigenvalue weighted by atomic mass is 16.5. The van der Waals surface area contributed by atoms with Gasteiger partial charge in [0.1, 0.15) is 0 Å². The summed E-state index contributed by atoms with van der Waals surface area (Å²) in [4.78, 5) is 23.4. The van der Waals surface area contributed by atoms with Gasteiger partial charge in [-0.25, -0.2) is 4.79 Å². The van der Waals surface area contributed by atoms with E-state index >= 15 is 0 Å². The van der Waals surface area contributed by atoms with Gasteiger partial charge in [-0.15, -0.1) is 0 Å². The fourth-order valence-corrected chi connectivity index (χ4v) is 2.65. The number of hydrogen-bond donors (Lipinski definition) is 2. The molecule has 0 bridgehead atoms. The normalized spacial score (nSPS) is 14.8. The Balaban J connectivity index is 1.72. The van der Waals surface area contributed by atoms with Crippen molar-refractivity contribution >= 4 is 17.6 Å². The molecule has 0 heterocycles. The molecule has 0 aliphatic heterocycles. The number of benzene rings is 1. The monoisotopic (exact) mass is 304 g/mol. The van der Waals surface area contributed by atoms with Crippen LogP contribution in [0.5, 0.6) is 0 Å². The summed E-state index contributed by atoms with van der Waals surface area (Å²) >= 11 is 0. The smallest absolute Gasteiger partial charge is 0.338 e. The van der Waals surface area contributed by atoms with Crippen molar-refractivity contribution in [2.75, 3.05) is 18.5 Å². The van der Waals surface area contributed by atoms with Crippen molar-refractivity contribution in [2.45, 2.75) is 45.1 Å². The van der Waals surface area contributed by atoms with E-state index in [0.29, 0.717) is 36.9 Å². The first-order valence-corrected chi connectivity index (χ1v) is 7.99. The number of hydrogen-bond acceptors (Lipinski definition) is 4. The molecule has 120 valence electrons. The van der Waals surface area contributed by atoms with Gasteiger partial charge < -0.3 is 15.4 Å². The lowest BCUT2D eigenvalue weighted by Crippen LogP contribution is -2.29. The van der Waals surface area contributed by atoms with Crippen molar-refractivity contribution in [1.82, 2.24) is 5.32 Å². The second-order valence-corrected chi connectivity index (χ2v) is 5.53. The van der Waals surface area contributed by atoms with E-state index in [2.05, 4.69) is 10.6 Å². The Labute approximate surface area is 131 Å². The Morgan fingerprint density at radius 2 is 1.86 bits per heavy atom. The third-order valence-electron chi connectivity index (χ3n) is 3.82. The summed E-state index contributed by atoms with van der Waals surface area (Å²) in [6.45, 7) is 2.83. The van der Waals surface area contributed by atoms with Gasteiger partial charge >= 0.3 is 5.97 Å². The van der Waals surface area contributed by atoms with Gasteiger partial charge in [-0.2, -0.15) is 0 Å². The lowest BCUT2D eigenvalue weighted by Gasteiger charge is -2.11. The van der Waals surface area contributed by atoms with Gasteiger partial charge in [0.05, 0.1) is 12.2 Å². The van der Waals surface area contributed by atoms with Gasteiger partial charge in [-0.05, 0) is 44.0 Å². The van der Waals surface area contributed by atoms with Crippen LogP contribution < -0.4 is 10.6 Å². The van der Waals surface area contributed by atoms with Crippen LogP contribution >= 0.6 is 0 Å². The molecule has 1 fully saturated rings. The zero-order valence-corrected chi connectivity index (χ0v) is 13.1. The molecule has 2 rings (SSSR count). The Hall–Kier alpha value is -1.88. The van der Waals surface area contributed by atoms with Crippen LogP contribution in [0.25, 0.3) is 0 Å². The van der Waals surface area contributed by atoms with Crippen LogP contribution in [0.1, 0.15) is 49.4 Å². The van der Waals surface area contributed by atoms with Gasteiger partial charge in [-0.3, -0.25) is 4.79 Å². The lowest BCUT2D eigenvalue weighted by atomic mass is 10.2. The molecule has 1 aromatic carbocycles. The number of anilines is 1. The van der Waals surface area contributed by atoms with Gasteiger partial charge in [-0.1, -0.05) is 12.8 Å². The zero-order chi connectivity index (χ0) is 15.8. The predicted molar refractivity (Wildman–Crippen MR) is 85.9 cm³/mol. The number of carbonyl (C=O) groups excluding carboxylic acids is 2. The molecule has 1 amide bonds. The summed E-state index contributed by atoms with van der Waals surface area (Å²) in [5, 5.41) is 6.25. The number of rotatable bonds is 7. The fraction of sp³-hybridized carbons (Fsp3) is 0.529. The van der Waals surface area contributed by atoms with Crippen LogP contribution in [0.15, 0.2) is 24.3 Å². The molecule has 2 N–H and O–H groups in total. The van der Waals surface area contributed by atoms with E-state index in [1.807, 2.05) is 0 Å². The van der Waals surface area contributed by atoms with Gasteiger partial charge in [0, 0.05) is 24.7 Å². The molecule has 1 saturated carbocycles. The molecule has 1 aliphatic rings. The summed E-state index contributed by atoms with van der Waals surface area (Å²) in [5.74, 6) is -0.365. The standard InChI is InChI=1S/C17H24N2O3/c1-2-22-17(21)13-7-9-15(10-8-13)19-16(20)11-12-18-14-5-3-4-6-14/h7-10,14,18H,2-6,11-12H2,1H3,(H,19,20). The third kappa shape index (κ3) is 5.15. The van der Waals surface area contributed by atoms with Crippen molar-refractivity contribution < 1.29 is 14.3 Å². The topological polar surface area (TPSA) is 67.4 Å². The second kappa shape index (κ2) is 8.54. The van der Waals surface area contributed by atoms with Crippen LogP contribution in [0.2, 0.25) is 0 Å². The number of amides is 1. The Kier molecular flexibility index (Phi) is 6.40. The summed E-state index contributed by atoms with van der Waals surface area (Å²) in [5.41, 5.74) is 1.18. The molecule has 0 saturated heterocycles. The molecule has 0 unspecified atom stereocenters. The van der Waals surface area contributed by atoms with E-state index in [4.69, 9.17) is 4.74 Å². The first-order valence-electron chi connectivity index (χ1n) is 7.99. The quantitative estimate of drug-likeness (QED) is 0.760. The van der Waals surface area contributed by atoms with Crippen LogP contribution in [-0.4, -0.2) is 31.1 Å². The van der Waals surface area contributed by atoms with Gasteiger partial charge in [0.15, 0.2) is 0 Å². The van der Waals surface area contributed by atoms with Gasteiger partial charge in [0.2, 0.25) is 5.91 Å². The molecule has 22 heavy (non-hydrogen) atoms. The predicted octanol–water partition coefficient (Wildman–Crippen LogP) is 2.72. The summed E-state index contributed by atoms with van der Waals surface area (Å²) in [6, 6.07) is 7.33. The van der Waals surface area contributed by atoms with E-state index < -0.39 is 0 Å². The molecule has 1 aliphatic carbocycles. The minimum atomic E-state index is -0.346. The van der Waals surface area contributed by atoms with Crippen molar-refractivity contribution in [3.63, 3.8) is 0 Å². The number of carbonyl (C=O) groups is 2. The van der Waals surface area contributed by atoms with Crippen molar-refractivity contribution in [3.05, 3.63) is 29.8 Å². The highest BCUT2D eigenvalue weighted by Gasteiger charge is 2.14. The Bertz CT molecular complexity index is 493. The Morgan fingerprint density at radius 3 is 2.50 bits per heavy atom. The van der Waals surface area contributed by atoms with E-state index in [1.54, 1.807) is 31.2 Å². The van der Waals surface area contributed by atoms with Crippen molar-refractivity contribution in [1.29, 1.82) is 0 Å². The highest BCUT2D eigenvalue weighted by molar-refractivity contribution is 5.93. The molecule has 5 nitrogen and oxygen atoms in total. The number of ether oxygens (including phenoxy) is 1. The van der Waals surface area contributed by atoms with E-state index in [9.17, 15) is 9.59 Å². The third-order valence-corrected chi connectivity index (χ3v) is 3.82. The summed E-state index contributed by atoms with van der Waals surface area (Å²) < 4.78 is 4.92. The average Bonchev–Trinajstić information content (AvgIpc) is 3.01. The van der Waals surface area contributed by atoms with Crippen LogP contribution in [0, 0.1) is 0 Å². The maximum absolute atomic E-state index is 11.9. The van der Waals surface area contributed by atoms with Crippen LogP contribution in [0.4, 0.5) is 5.69 Å². The number of nitrogens with one attached hydrogen (secondary N) is 2. The average molecular weight is 304 g/mol. The number of esters is 1. The van der Waals surface area contributed by atoms with Crippen molar-refractivity contribution in [2.24, 2.45) is 0 Å². The minimum Gasteiger partial charge on any atom is -0.462 e. The molecule has 1 aromatic rings. The molecule has 0 radical (unpaired) electrons. The molecule has 5 heteroatoms. The lowest BCUT2D eigenvalue weighted by molar-refractivity contribution is -0.116. The first kappa shape index (κ1) is 16.5. The van der Waals surface area contributed by atoms with Crippen LogP contribution in [-0.2, 0) is 9.53 Å². The fourth-order valence-electron chi connectivity index (χ4n) is 2.65. The van der Waals surface area contributed by atoms with Crippen LogP contribution in [0.3, 0.4) is 0 Å². The zero-order valence-electron chi connectivity index (χ0n) is 13.1. The molecular formula is C17H24N2O3. The minimum absolute atomic E-state index is 0.0191. The molecular weight excluding hydrogens is 280 g/mol. The van der Waals surface area contributed by atoms with E-state index in [0.717, 1.165) is 0 Å². The second-order valence-electron chi connectivity index (χ2n) is 5.53. The molecule has 0 aromatic heterocycles. The maximum Gasteiger partial charge on any atom is 0.338 e. The van der Waals surface area contributed by atoms with Crippen molar-refractivity contribution in [3.8, 4) is 0 Å². The molecule has 0 atom stereocenters. The highest BCUT2D eigenvalue weighted by Crippen LogP contribution is 2.17. The largest absolute Gasteiger partial charge is 0.462 e. The summed E-state index contributed by atoms with van der Waals surface area (Å²) in [7, 11) is 0. The van der Waals surface area contributed by atoms with Gasteiger partial charge in [0.25, 0.3) is 0 Å². The Morgan fingerprint density at radius 1 is 1.18 bits per heavy atom.